The van der Waals surface area contributed by atoms with Crippen LogP contribution in [0.3, 0.4) is 0 Å². The van der Waals surface area contributed by atoms with E-state index < -0.39 is 0 Å². The minimum atomic E-state index is 0.125. The number of piperidine rings is 2. The van der Waals surface area contributed by atoms with E-state index in [2.05, 4.69) is 16.0 Å². The van der Waals surface area contributed by atoms with Crippen LogP contribution in [0.1, 0.15) is 48.0 Å². The summed E-state index contributed by atoms with van der Waals surface area (Å²) in [6, 6.07) is 13.4. The first-order valence-corrected chi connectivity index (χ1v) is 10.4. The molecule has 2 aliphatic heterocycles. The highest BCUT2D eigenvalue weighted by molar-refractivity contribution is 5.94. The van der Waals surface area contributed by atoms with Crippen molar-refractivity contribution in [3.05, 3.63) is 53.7 Å². The molecule has 3 heterocycles. The van der Waals surface area contributed by atoms with E-state index in [9.17, 15) is 4.79 Å². The van der Waals surface area contributed by atoms with Crippen LogP contribution >= 0.6 is 0 Å². The van der Waals surface area contributed by atoms with Gasteiger partial charge in [0, 0.05) is 50.8 Å². The highest BCUT2D eigenvalue weighted by atomic mass is 16.5. The second-order valence-electron chi connectivity index (χ2n) is 7.70. The Kier molecular flexibility index (Phi) is 5.95. The first-order chi connectivity index (χ1) is 14.2. The van der Waals surface area contributed by atoms with Crippen molar-refractivity contribution in [2.45, 2.75) is 38.2 Å². The predicted molar refractivity (Wildman–Crippen MR) is 111 cm³/mol. The summed E-state index contributed by atoms with van der Waals surface area (Å²) in [5, 5.41) is 8.89. The maximum Gasteiger partial charge on any atom is 0.253 e. The number of pyridine rings is 1. The van der Waals surface area contributed by atoms with Crippen molar-refractivity contribution in [2.75, 3.05) is 31.1 Å². The van der Waals surface area contributed by atoms with Gasteiger partial charge in [-0.15, -0.1) is 0 Å². The third-order valence-electron chi connectivity index (χ3n) is 5.69. The van der Waals surface area contributed by atoms with Gasteiger partial charge >= 0.3 is 0 Å². The number of ether oxygens (including phenoxy) is 1. The molecule has 0 saturated carbocycles. The summed E-state index contributed by atoms with van der Waals surface area (Å²) in [5.74, 6) is 1.85. The lowest BCUT2D eigenvalue weighted by atomic mass is 10.1. The minimum absolute atomic E-state index is 0.125. The van der Waals surface area contributed by atoms with Crippen molar-refractivity contribution >= 4 is 11.7 Å². The summed E-state index contributed by atoms with van der Waals surface area (Å²) < 4.78 is 6.14. The van der Waals surface area contributed by atoms with Crippen LogP contribution in [0.5, 0.6) is 5.75 Å². The molecule has 2 saturated heterocycles. The van der Waals surface area contributed by atoms with Crippen LogP contribution in [-0.4, -0.2) is 48.1 Å². The van der Waals surface area contributed by atoms with Gasteiger partial charge in [-0.2, -0.15) is 5.26 Å². The zero-order valence-electron chi connectivity index (χ0n) is 16.6. The molecule has 1 aromatic carbocycles. The molecule has 4 rings (SSSR count). The van der Waals surface area contributed by atoms with Crippen molar-refractivity contribution in [3.63, 3.8) is 0 Å². The summed E-state index contributed by atoms with van der Waals surface area (Å²) >= 11 is 0. The Hall–Kier alpha value is -3.07. The van der Waals surface area contributed by atoms with Crippen LogP contribution in [-0.2, 0) is 0 Å². The number of carbonyl (C=O) groups excluding carboxylic acids is 1. The molecule has 6 nitrogen and oxygen atoms in total. The van der Waals surface area contributed by atoms with E-state index in [0.29, 0.717) is 5.56 Å². The van der Waals surface area contributed by atoms with Gasteiger partial charge in [-0.1, -0.05) is 0 Å². The van der Waals surface area contributed by atoms with Gasteiger partial charge in [-0.3, -0.25) is 4.79 Å². The largest absolute Gasteiger partial charge is 0.490 e. The summed E-state index contributed by atoms with van der Waals surface area (Å²) in [5.41, 5.74) is 1.31. The summed E-state index contributed by atoms with van der Waals surface area (Å²) in [6.07, 6.45) is 7.02. The van der Waals surface area contributed by atoms with Crippen LogP contribution in [0, 0.1) is 11.3 Å². The van der Waals surface area contributed by atoms with Gasteiger partial charge in [0.1, 0.15) is 23.7 Å². The highest BCUT2D eigenvalue weighted by Crippen LogP contribution is 2.23. The summed E-state index contributed by atoms with van der Waals surface area (Å²) in [7, 11) is 0. The van der Waals surface area contributed by atoms with Gasteiger partial charge in [-0.25, -0.2) is 4.98 Å². The lowest BCUT2D eigenvalue weighted by Crippen LogP contribution is -2.38. The molecule has 0 N–H and O–H groups in total. The van der Waals surface area contributed by atoms with Crippen LogP contribution in [0.25, 0.3) is 0 Å². The molecule has 1 aromatic heterocycles. The number of benzene rings is 1. The molecule has 2 aliphatic rings. The number of hydrogen-bond donors (Lipinski definition) is 0. The van der Waals surface area contributed by atoms with Crippen LogP contribution < -0.4 is 9.64 Å². The molecule has 29 heavy (non-hydrogen) atoms. The molecule has 0 atom stereocenters. The number of aromatic nitrogens is 1. The van der Waals surface area contributed by atoms with Crippen LogP contribution in [0.15, 0.2) is 42.6 Å². The smallest absolute Gasteiger partial charge is 0.253 e. The first-order valence-electron chi connectivity index (χ1n) is 10.4. The number of amides is 1. The molecular weight excluding hydrogens is 364 g/mol. The van der Waals surface area contributed by atoms with Gasteiger partial charge in [0.05, 0.1) is 5.56 Å². The van der Waals surface area contributed by atoms with Gasteiger partial charge in [-0.05, 0) is 55.7 Å². The van der Waals surface area contributed by atoms with E-state index in [1.54, 1.807) is 12.3 Å². The normalized spacial score (nSPS) is 17.6. The average Bonchev–Trinajstić information content (AvgIpc) is 2.80. The lowest BCUT2D eigenvalue weighted by molar-refractivity contribution is 0.0724. The van der Waals surface area contributed by atoms with Gasteiger partial charge in [0.15, 0.2) is 0 Å². The molecule has 6 heteroatoms. The molecule has 2 aromatic rings. The zero-order valence-corrected chi connectivity index (χ0v) is 16.6. The van der Waals surface area contributed by atoms with Gasteiger partial charge in [0.2, 0.25) is 0 Å². The third-order valence-corrected chi connectivity index (χ3v) is 5.69. The maximum atomic E-state index is 12.6. The number of likely N-dealkylation sites (tertiary alicyclic amines) is 1. The second-order valence-corrected chi connectivity index (χ2v) is 7.70. The fraction of sp³-hybridized carbons (Fsp3) is 0.435. The number of carbonyl (C=O) groups is 1. The average molecular weight is 390 g/mol. The van der Waals surface area contributed by atoms with E-state index in [4.69, 9.17) is 10.00 Å². The predicted octanol–water partition coefficient (Wildman–Crippen LogP) is 3.63. The maximum absolute atomic E-state index is 12.6. The summed E-state index contributed by atoms with van der Waals surface area (Å²) in [4.78, 5) is 21.1. The number of nitrogens with zero attached hydrogens (tertiary/aromatic N) is 4. The Labute approximate surface area is 171 Å². The molecule has 0 bridgehead atoms. The molecule has 0 radical (unpaired) electrons. The monoisotopic (exact) mass is 390 g/mol. The second kappa shape index (κ2) is 8.95. The third kappa shape index (κ3) is 4.68. The SMILES string of the molecule is N#Cc1ccc(N2CCC(Oc3ccc(C(=O)N4CCCCC4)cc3)CC2)nc1. The molecule has 2 fully saturated rings. The van der Waals surface area contributed by atoms with E-state index >= 15 is 0 Å². The highest BCUT2D eigenvalue weighted by Gasteiger charge is 2.22. The van der Waals surface area contributed by atoms with E-state index in [-0.39, 0.29) is 12.0 Å². The van der Waals surface area contributed by atoms with E-state index in [0.717, 1.165) is 69.0 Å². The molecule has 150 valence electrons. The molecule has 0 aliphatic carbocycles. The Morgan fingerprint density at radius 2 is 1.72 bits per heavy atom. The fourth-order valence-electron chi connectivity index (χ4n) is 3.99. The van der Waals surface area contributed by atoms with Crippen LogP contribution in [0.2, 0.25) is 0 Å². The van der Waals surface area contributed by atoms with Gasteiger partial charge in [0.25, 0.3) is 5.91 Å². The minimum Gasteiger partial charge on any atom is -0.490 e. The van der Waals surface area contributed by atoms with Crippen molar-refractivity contribution in [2.24, 2.45) is 0 Å². The van der Waals surface area contributed by atoms with Gasteiger partial charge < -0.3 is 14.5 Å². The zero-order chi connectivity index (χ0) is 20.1. The standard InChI is InChI=1S/C23H26N4O2/c24-16-18-4-9-22(25-17-18)26-14-10-21(11-15-26)29-20-7-5-19(6-8-20)23(28)27-12-2-1-3-13-27/h4-9,17,21H,1-3,10-15H2. The number of rotatable bonds is 4. The van der Waals surface area contributed by atoms with Crippen molar-refractivity contribution in [1.29, 1.82) is 5.26 Å². The molecular formula is C23H26N4O2. The quantitative estimate of drug-likeness (QED) is 0.797. The Morgan fingerprint density at radius 1 is 1.00 bits per heavy atom. The fourth-order valence-corrected chi connectivity index (χ4v) is 3.99. The van der Waals surface area contributed by atoms with Crippen molar-refractivity contribution in [1.82, 2.24) is 9.88 Å². The number of nitriles is 1. The van der Waals surface area contributed by atoms with Crippen molar-refractivity contribution in [3.8, 4) is 11.8 Å². The Balaban J connectivity index is 1.29. The van der Waals surface area contributed by atoms with Crippen LogP contribution in [0.4, 0.5) is 5.82 Å². The Morgan fingerprint density at radius 3 is 2.34 bits per heavy atom. The first kappa shape index (κ1) is 19.3. The number of anilines is 1. The Bertz CT molecular complexity index is 859. The lowest BCUT2D eigenvalue weighted by Gasteiger charge is -2.33. The van der Waals surface area contributed by atoms with E-state index in [1.165, 1.54) is 6.42 Å². The molecule has 1 amide bonds. The molecule has 0 unspecified atom stereocenters. The topological polar surface area (TPSA) is 69.5 Å². The van der Waals surface area contributed by atoms with E-state index in [1.807, 2.05) is 35.2 Å². The van der Waals surface area contributed by atoms with Crippen molar-refractivity contribution < 1.29 is 9.53 Å². The summed E-state index contributed by atoms with van der Waals surface area (Å²) in [6.45, 7) is 3.47. The number of hydrogen-bond acceptors (Lipinski definition) is 5. The molecule has 0 spiro atoms.